The van der Waals surface area contributed by atoms with Crippen LogP contribution in [-0.4, -0.2) is 28.5 Å². The maximum Gasteiger partial charge on any atom is 0.226 e. The van der Waals surface area contributed by atoms with Crippen LogP contribution < -0.4 is 14.8 Å². The van der Waals surface area contributed by atoms with E-state index >= 15 is 0 Å². The Morgan fingerprint density at radius 3 is 2.72 bits per heavy atom. The van der Waals surface area contributed by atoms with Gasteiger partial charge in [-0.1, -0.05) is 13.8 Å². The first kappa shape index (κ1) is 15.5. The van der Waals surface area contributed by atoms with Crippen LogP contribution in [0.4, 0.5) is 5.69 Å². The van der Waals surface area contributed by atoms with Crippen molar-refractivity contribution < 1.29 is 14.3 Å². The lowest BCUT2D eigenvalue weighted by Gasteiger charge is -2.18. The van der Waals surface area contributed by atoms with Gasteiger partial charge in [0.1, 0.15) is 18.9 Å². The third kappa shape index (κ3) is 3.03. The number of nitrogens with zero attached hydrogens (tertiary/aromatic N) is 2. The number of fused-ring (bicyclic) bond motifs is 2. The van der Waals surface area contributed by atoms with Crippen molar-refractivity contribution in [2.75, 3.05) is 18.5 Å². The molecular formula is C19H19N3O3. The Morgan fingerprint density at radius 2 is 1.92 bits per heavy atom. The zero-order valence-electron chi connectivity index (χ0n) is 14.2. The molecular weight excluding hydrogens is 318 g/mol. The standard InChI is InChI=1S/C19H19N3O3/c1-12(2)19(23)20-14-4-6-18-21-15(11-22(18)10-14)13-3-5-16-17(9-13)25-8-7-24-16/h3-6,9-12H,7-8H2,1-2H3,(H,20,23). The maximum absolute atomic E-state index is 11.8. The van der Waals surface area contributed by atoms with Crippen LogP contribution in [0.1, 0.15) is 13.8 Å². The molecule has 1 aromatic carbocycles. The Hall–Kier alpha value is -3.02. The van der Waals surface area contributed by atoms with Crippen LogP contribution in [-0.2, 0) is 4.79 Å². The number of hydrogen-bond donors (Lipinski definition) is 1. The molecule has 0 aliphatic carbocycles. The minimum Gasteiger partial charge on any atom is -0.486 e. The van der Waals surface area contributed by atoms with Gasteiger partial charge in [0.25, 0.3) is 0 Å². The SMILES string of the molecule is CC(C)C(=O)Nc1ccc2nc(-c3ccc4c(c3)OCCO4)cn2c1. The molecule has 0 fully saturated rings. The van der Waals surface area contributed by atoms with E-state index in [0.717, 1.165) is 34.1 Å². The zero-order valence-corrected chi connectivity index (χ0v) is 14.2. The molecule has 3 heterocycles. The number of ether oxygens (including phenoxy) is 2. The fraction of sp³-hybridized carbons (Fsp3) is 0.263. The number of rotatable bonds is 3. The van der Waals surface area contributed by atoms with E-state index in [1.165, 1.54) is 0 Å². The van der Waals surface area contributed by atoms with Crippen molar-refractivity contribution in [3.8, 4) is 22.8 Å². The lowest BCUT2D eigenvalue weighted by Crippen LogP contribution is -2.17. The molecule has 0 unspecified atom stereocenters. The third-order valence-electron chi connectivity index (χ3n) is 4.08. The summed E-state index contributed by atoms with van der Waals surface area (Å²) in [5, 5.41) is 2.90. The molecule has 4 rings (SSSR count). The summed E-state index contributed by atoms with van der Waals surface area (Å²) in [5.74, 6) is 1.43. The van der Waals surface area contributed by atoms with E-state index in [0.29, 0.717) is 13.2 Å². The van der Waals surface area contributed by atoms with Gasteiger partial charge in [0, 0.05) is 23.9 Å². The highest BCUT2D eigenvalue weighted by atomic mass is 16.6. The highest BCUT2D eigenvalue weighted by Crippen LogP contribution is 2.34. The normalized spacial score (nSPS) is 13.2. The quantitative estimate of drug-likeness (QED) is 0.796. The highest BCUT2D eigenvalue weighted by molar-refractivity contribution is 5.92. The van der Waals surface area contributed by atoms with E-state index in [1.54, 1.807) is 0 Å². The second-order valence-electron chi connectivity index (χ2n) is 6.31. The molecule has 0 saturated heterocycles. The number of benzene rings is 1. The minimum atomic E-state index is -0.0632. The topological polar surface area (TPSA) is 64.9 Å². The largest absolute Gasteiger partial charge is 0.486 e. The first-order valence-electron chi connectivity index (χ1n) is 8.30. The lowest BCUT2D eigenvalue weighted by atomic mass is 10.1. The number of imidazole rings is 1. The first-order chi connectivity index (χ1) is 12.1. The summed E-state index contributed by atoms with van der Waals surface area (Å²) < 4.78 is 13.1. The number of carbonyl (C=O) groups excluding carboxylic acids is 1. The Balaban J connectivity index is 1.66. The molecule has 2 aromatic heterocycles. The summed E-state index contributed by atoms with van der Waals surface area (Å²) in [6, 6.07) is 9.56. The molecule has 1 amide bonds. The van der Waals surface area contributed by atoms with Crippen LogP contribution in [0.3, 0.4) is 0 Å². The summed E-state index contributed by atoms with van der Waals surface area (Å²) in [6.45, 7) is 4.86. The van der Waals surface area contributed by atoms with E-state index < -0.39 is 0 Å². The number of nitrogens with one attached hydrogen (secondary N) is 1. The van der Waals surface area contributed by atoms with E-state index in [9.17, 15) is 4.79 Å². The zero-order chi connectivity index (χ0) is 17.4. The van der Waals surface area contributed by atoms with E-state index in [1.807, 2.05) is 61.0 Å². The van der Waals surface area contributed by atoms with Gasteiger partial charge in [-0.25, -0.2) is 4.98 Å². The average Bonchev–Trinajstić information content (AvgIpc) is 3.04. The molecule has 0 atom stereocenters. The Labute approximate surface area is 145 Å². The van der Waals surface area contributed by atoms with Crippen LogP contribution in [0, 0.1) is 5.92 Å². The maximum atomic E-state index is 11.8. The van der Waals surface area contributed by atoms with Gasteiger partial charge >= 0.3 is 0 Å². The number of amides is 1. The van der Waals surface area contributed by atoms with Crippen molar-refractivity contribution in [1.82, 2.24) is 9.38 Å². The Morgan fingerprint density at radius 1 is 1.12 bits per heavy atom. The van der Waals surface area contributed by atoms with Crippen molar-refractivity contribution >= 4 is 17.2 Å². The number of anilines is 1. The molecule has 0 radical (unpaired) electrons. The molecule has 0 saturated carbocycles. The number of carbonyl (C=O) groups is 1. The van der Waals surface area contributed by atoms with Gasteiger partial charge in [0.2, 0.25) is 5.91 Å². The Kier molecular flexibility index (Phi) is 3.80. The fourth-order valence-corrected chi connectivity index (χ4v) is 2.69. The van der Waals surface area contributed by atoms with Crippen molar-refractivity contribution in [2.45, 2.75) is 13.8 Å². The van der Waals surface area contributed by atoms with E-state index in [4.69, 9.17) is 9.47 Å². The molecule has 1 N–H and O–H groups in total. The lowest BCUT2D eigenvalue weighted by molar-refractivity contribution is -0.118. The van der Waals surface area contributed by atoms with Crippen molar-refractivity contribution in [1.29, 1.82) is 0 Å². The second-order valence-corrected chi connectivity index (χ2v) is 6.31. The smallest absolute Gasteiger partial charge is 0.226 e. The molecule has 6 nitrogen and oxygen atoms in total. The van der Waals surface area contributed by atoms with Gasteiger partial charge in [-0.2, -0.15) is 0 Å². The fourth-order valence-electron chi connectivity index (χ4n) is 2.69. The van der Waals surface area contributed by atoms with Gasteiger partial charge in [-0.05, 0) is 30.3 Å². The molecule has 128 valence electrons. The third-order valence-corrected chi connectivity index (χ3v) is 4.08. The van der Waals surface area contributed by atoms with Crippen LogP contribution in [0.5, 0.6) is 11.5 Å². The first-order valence-corrected chi connectivity index (χ1v) is 8.30. The minimum absolute atomic E-state index is 0.00785. The number of hydrogen-bond acceptors (Lipinski definition) is 4. The summed E-state index contributed by atoms with van der Waals surface area (Å²) in [5.41, 5.74) is 3.36. The highest BCUT2D eigenvalue weighted by Gasteiger charge is 2.14. The van der Waals surface area contributed by atoms with Crippen LogP contribution in [0.25, 0.3) is 16.9 Å². The van der Waals surface area contributed by atoms with Crippen molar-refractivity contribution in [3.63, 3.8) is 0 Å². The van der Waals surface area contributed by atoms with Crippen LogP contribution in [0.15, 0.2) is 42.7 Å². The monoisotopic (exact) mass is 337 g/mol. The van der Waals surface area contributed by atoms with E-state index in [2.05, 4.69) is 10.3 Å². The van der Waals surface area contributed by atoms with Gasteiger partial charge < -0.3 is 19.2 Å². The molecule has 25 heavy (non-hydrogen) atoms. The van der Waals surface area contributed by atoms with E-state index in [-0.39, 0.29) is 11.8 Å². The van der Waals surface area contributed by atoms with Gasteiger partial charge in [-0.3, -0.25) is 4.79 Å². The van der Waals surface area contributed by atoms with Gasteiger partial charge in [0.15, 0.2) is 11.5 Å². The summed E-state index contributed by atoms with van der Waals surface area (Å²) in [6.07, 6.45) is 3.80. The second kappa shape index (κ2) is 6.12. The Bertz CT molecular complexity index is 946. The summed E-state index contributed by atoms with van der Waals surface area (Å²) >= 11 is 0. The number of pyridine rings is 1. The van der Waals surface area contributed by atoms with Crippen LogP contribution in [0.2, 0.25) is 0 Å². The average molecular weight is 337 g/mol. The predicted octanol–water partition coefficient (Wildman–Crippen LogP) is 3.37. The molecule has 6 heteroatoms. The summed E-state index contributed by atoms with van der Waals surface area (Å²) in [7, 11) is 0. The van der Waals surface area contributed by atoms with Crippen LogP contribution >= 0.6 is 0 Å². The predicted molar refractivity (Wildman–Crippen MR) is 95.1 cm³/mol. The molecule has 1 aliphatic rings. The molecule has 0 spiro atoms. The number of aromatic nitrogens is 2. The summed E-state index contributed by atoms with van der Waals surface area (Å²) in [4.78, 5) is 16.5. The molecule has 3 aromatic rings. The van der Waals surface area contributed by atoms with Crippen molar-refractivity contribution in [3.05, 3.63) is 42.7 Å². The molecule has 1 aliphatic heterocycles. The van der Waals surface area contributed by atoms with Gasteiger partial charge in [0.05, 0.1) is 11.4 Å². The van der Waals surface area contributed by atoms with Gasteiger partial charge in [-0.15, -0.1) is 0 Å². The molecule has 0 bridgehead atoms. The van der Waals surface area contributed by atoms with Crippen molar-refractivity contribution in [2.24, 2.45) is 5.92 Å².